The van der Waals surface area contributed by atoms with Crippen LogP contribution < -0.4 is 24.3 Å². The molecule has 0 radical (unpaired) electrons. The average molecular weight is 399 g/mol. The molecular weight excluding hydrogens is 378 g/mol. The van der Waals surface area contributed by atoms with Gasteiger partial charge in [0.15, 0.2) is 5.76 Å². The fourth-order valence-electron chi connectivity index (χ4n) is 2.63. The van der Waals surface area contributed by atoms with Crippen molar-refractivity contribution in [3.05, 3.63) is 53.5 Å². The number of carbonyl (C=O) groups is 1. The summed E-state index contributed by atoms with van der Waals surface area (Å²) in [6.45, 7) is 0. The Morgan fingerprint density at radius 2 is 1.66 bits per heavy atom. The number of furan rings is 1. The number of anilines is 1. The molecule has 9 heteroatoms. The van der Waals surface area contributed by atoms with Gasteiger partial charge < -0.3 is 23.4 Å². The number of hydrogen-bond donors (Lipinski definition) is 1. The normalized spacial score (nSPS) is 10.3. The number of benzene rings is 1. The Morgan fingerprint density at radius 3 is 2.28 bits per heavy atom. The van der Waals surface area contributed by atoms with E-state index < -0.39 is 5.91 Å². The minimum absolute atomic E-state index is 0.0404. The summed E-state index contributed by atoms with van der Waals surface area (Å²) in [6.07, 6.45) is 0.428. The highest BCUT2D eigenvalue weighted by Gasteiger charge is 2.16. The largest absolute Gasteiger partial charge is 0.497 e. The predicted octanol–water partition coefficient (Wildman–Crippen LogP) is 2.95. The van der Waals surface area contributed by atoms with Gasteiger partial charge in [-0.1, -0.05) is 0 Å². The van der Waals surface area contributed by atoms with E-state index in [1.165, 1.54) is 20.3 Å². The molecule has 2 heterocycles. The molecule has 0 fully saturated rings. The van der Waals surface area contributed by atoms with Gasteiger partial charge in [0.25, 0.3) is 5.91 Å². The standard InChI is InChI=1S/C20H21N3O6/c1-25-13-5-7-15(26-2)12(9-13)10-14-6-8-16(29-14)19(24)23-20-21-17(27-3)11-18(22-20)28-4/h5-9,11H,10H2,1-4H3,(H,21,22,23,24). The van der Waals surface area contributed by atoms with Crippen molar-refractivity contribution in [1.29, 1.82) is 0 Å². The number of nitrogens with zero attached hydrogens (tertiary/aromatic N) is 2. The van der Waals surface area contributed by atoms with Gasteiger partial charge in [-0.05, 0) is 30.3 Å². The van der Waals surface area contributed by atoms with E-state index in [1.54, 1.807) is 26.4 Å². The molecule has 0 saturated carbocycles. The second-order valence-corrected chi connectivity index (χ2v) is 5.85. The number of ether oxygens (including phenoxy) is 4. The summed E-state index contributed by atoms with van der Waals surface area (Å²) >= 11 is 0. The van der Waals surface area contributed by atoms with Gasteiger partial charge in [-0.3, -0.25) is 10.1 Å². The van der Waals surface area contributed by atoms with Crippen molar-refractivity contribution < 1.29 is 28.2 Å². The maximum atomic E-state index is 12.5. The number of nitrogens with one attached hydrogen (secondary N) is 1. The number of methoxy groups -OCH3 is 4. The molecule has 0 unspecified atom stereocenters. The van der Waals surface area contributed by atoms with Gasteiger partial charge in [-0.2, -0.15) is 9.97 Å². The van der Waals surface area contributed by atoms with Crippen LogP contribution in [0.2, 0.25) is 0 Å². The van der Waals surface area contributed by atoms with Crippen molar-refractivity contribution in [1.82, 2.24) is 9.97 Å². The lowest BCUT2D eigenvalue weighted by Gasteiger charge is -2.09. The van der Waals surface area contributed by atoms with E-state index in [-0.39, 0.29) is 23.5 Å². The van der Waals surface area contributed by atoms with Crippen LogP contribution in [0.15, 0.2) is 40.8 Å². The lowest BCUT2D eigenvalue weighted by Crippen LogP contribution is -2.14. The Morgan fingerprint density at radius 1 is 0.931 bits per heavy atom. The molecule has 0 aliphatic rings. The van der Waals surface area contributed by atoms with Crippen LogP contribution in [-0.2, 0) is 6.42 Å². The van der Waals surface area contributed by atoms with Gasteiger partial charge in [0.2, 0.25) is 17.7 Å². The van der Waals surface area contributed by atoms with E-state index in [4.69, 9.17) is 23.4 Å². The third-order valence-electron chi connectivity index (χ3n) is 4.06. The number of carbonyl (C=O) groups excluding carboxylic acids is 1. The van der Waals surface area contributed by atoms with Crippen LogP contribution in [0.3, 0.4) is 0 Å². The van der Waals surface area contributed by atoms with Gasteiger partial charge in [-0.25, -0.2) is 0 Å². The predicted molar refractivity (Wildman–Crippen MR) is 104 cm³/mol. The number of aromatic nitrogens is 2. The first-order chi connectivity index (χ1) is 14.1. The fraction of sp³-hybridized carbons (Fsp3) is 0.250. The zero-order valence-electron chi connectivity index (χ0n) is 16.5. The first kappa shape index (κ1) is 20.0. The highest BCUT2D eigenvalue weighted by Crippen LogP contribution is 2.27. The van der Waals surface area contributed by atoms with E-state index in [0.717, 1.165) is 5.56 Å². The third kappa shape index (κ3) is 4.75. The molecule has 0 aliphatic carbocycles. The summed E-state index contributed by atoms with van der Waals surface area (Å²) in [4.78, 5) is 20.6. The molecule has 0 saturated heterocycles. The van der Waals surface area contributed by atoms with Crippen LogP contribution in [0.25, 0.3) is 0 Å². The van der Waals surface area contributed by atoms with Crippen LogP contribution in [0.1, 0.15) is 21.9 Å². The lowest BCUT2D eigenvalue weighted by atomic mass is 10.1. The average Bonchev–Trinajstić information content (AvgIpc) is 3.22. The summed E-state index contributed by atoms with van der Waals surface area (Å²) in [5, 5.41) is 2.57. The van der Waals surface area contributed by atoms with Crippen LogP contribution >= 0.6 is 0 Å². The molecule has 9 nitrogen and oxygen atoms in total. The molecule has 3 aromatic rings. The Balaban J connectivity index is 1.76. The zero-order valence-corrected chi connectivity index (χ0v) is 16.5. The van der Waals surface area contributed by atoms with Crippen molar-refractivity contribution >= 4 is 11.9 Å². The van der Waals surface area contributed by atoms with E-state index in [0.29, 0.717) is 23.7 Å². The van der Waals surface area contributed by atoms with E-state index in [1.807, 2.05) is 18.2 Å². The Bertz CT molecular complexity index is 979. The third-order valence-corrected chi connectivity index (χ3v) is 4.06. The van der Waals surface area contributed by atoms with Crippen LogP contribution in [-0.4, -0.2) is 44.3 Å². The smallest absolute Gasteiger partial charge is 0.293 e. The van der Waals surface area contributed by atoms with Gasteiger partial charge in [0, 0.05) is 12.0 Å². The Kier molecular flexibility index (Phi) is 6.18. The maximum Gasteiger partial charge on any atom is 0.293 e. The van der Waals surface area contributed by atoms with E-state index in [2.05, 4.69) is 15.3 Å². The summed E-state index contributed by atoms with van der Waals surface area (Å²) in [6, 6.07) is 10.3. The van der Waals surface area contributed by atoms with Crippen LogP contribution in [0.4, 0.5) is 5.95 Å². The summed E-state index contributed by atoms with van der Waals surface area (Å²) in [7, 11) is 6.10. The molecule has 2 aromatic heterocycles. The fourth-order valence-corrected chi connectivity index (χ4v) is 2.63. The molecule has 0 atom stereocenters. The summed E-state index contributed by atoms with van der Waals surface area (Å²) in [5.41, 5.74) is 0.869. The Labute approximate surface area is 167 Å². The van der Waals surface area contributed by atoms with E-state index in [9.17, 15) is 4.79 Å². The molecular formula is C20H21N3O6. The first-order valence-electron chi connectivity index (χ1n) is 8.64. The molecule has 3 rings (SSSR count). The molecule has 0 aliphatic heterocycles. The minimum atomic E-state index is -0.496. The SMILES string of the molecule is COc1ccc(OC)c(Cc2ccc(C(=O)Nc3nc(OC)cc(OC)n3)o2)c1. The van der Waals surface area contributed by atoms with Crippen molar-refractivity contribution in [2.24, 2.45) is 0 Å². The van der Waals surface area contributed by atoms with Crippen molar-refractivity contribution in [3.8, 4) is 23.3 Å². The monoisotopic (exact) mass is 399 g/mol. The van der Waals surface area contributed by atoms with Crippen molar-refractivity contribution in [2.45, 2.75) is 6.42 Å². The number of amides is 1. The summed E-state index contributed by atoms with van der Waals surface area (Å²) < 4.78 is 26.4. The van der Waals surface area contributed by atoms with Gasteiger partial charge >= 0.3 is 0 Å². The molecule has 1 amide bonds. The highest BCUT2D eigenvalue weighted by molar-refractivity contribution is 6.01. The second-order valence-electron chi connectivity index (χ2n) is 5.85. The van der Waals surface area contributed by atoms with Gasteiger partial charge in [0.05, 0.1) is 34.5 Å². The molecule has 0 spiro atoms. The van der Waals surface area contributed by atoms with Gasteiger partial charge in [0.1, 0.15) is 17.3 Å². The zero-order chi connectivity index (χ0) is 20.8. The van der Waals surface area contributed by atoms with Crippen LogP contribution in [0.5, 0.6) is 23.3 Å². The molecule has 1 aromatic carbocycles. The minimum Gasteiger partial charge on any atom is -0.497 e. The van der Waals surface area contributed by atoms with Gasteiger partial charge in [-0.15, -0.1) is 0 Å². The molecule has 0 bridgehead atoms. The highest BCUT2D eigenvalue weighted by atomic mass is 16.5. The lowest BCUT2D eigenvalue weighted by molar-refractivity contribution is 0.0994. The number of rotatable bonds is 8. The topological polar surface area (TPSA) is 105 Å². The van der Waals surface area contributed by atoms with Crippen LogP contribution in [0, 0.1) is 0 Å². The molecule has 152 valence electrons. The second kappa shape index (κ2) is 8.96. The summed E-state index contributed by atoms with van der Waals surface area (Å²) in [5.74, 6) is 2.18. The van der Waals surface area contributed by atoms with E-state index >= 15 is 0 Å². The first-order valence-corrected chi connectivity index (χ1v) is 8.64. The maximum absolute atomic E-state index is 12.5. The molecule has 1 N–H and O–H groups in total. The van der Waals surface area contributed by atoms with Crippen molar-refractivity contribution in [3.63, 3.8) is 0 Å². The Hall–Kier alpha value is -3.75. The molecule has 29 heavy (non-hydrogen) atoms. The number of hydrogen-bond acceptors (Lipinski definition) is 8. The van der Waals surface area contributed by atoms with Crippen molar-refractivity contribution in [2.75, 3.05) is 33.8 Å². The quantitative estimate of drug-likeness (QED) is 0.616.